The molecule has 3 aromatic rings. The predicted octanol–water partition coefficient (Wildman–Crippen LogP) is 1.87. The van der Waals surface area contributed by atoms with Crippen LogP contribution >= 0.6 is 0 Å². The van der Waals surface area contributed by atoms with Crippen LogP contribution < -0.4 is 4.74 Å². The molecule has 1 heterocycles. The van der Waals surface area contributed by atoms with E-state index in [1.165, 1.54) is 12.5 Å². The van der Waals surface area contributed by atoms with Crippen LogP contribution in [-0.2, 0) is 26.0 Å². The summed E-state index contributed by atoms with van der Waals surface area (Å²) in [6, 6.07) is 14.7. The molecule has 26 heavy (non-hydrogen) atoms. The monoisotopic (exact) mass is 373 g/mol. The van der Waals surface area contributed by atoms with E-state index in [1.807, 2.05) is 24.3 Å². The number of sulfone groups is 1. The van der Waals surface area contributed by atoms with Gasteiger partial charge in [0.2, 0.25) is 0 Å². The number of nitrogens with zero attached hydrogens (tertiary/aromatic N) is 2. The highest BCUT2D eigenvalue weighted by molar-refractivity contribution is 7.90. The molecule has 1 aromatic heterocycles. The molecular formula is C17H15N3O5S. The zero-order valence-corrected chi connectivity index (χ0v) is 14.6. The van der Waals surface area contributed by atoms with Crippen molar-refractivity contribution < 1.29 is 22.7 Å². The summed E-state index contributed by atoms with van der Waals surface area (Å²) in [6.45, 7) is 0.403. The Morgan fingerprint density at radius 1 is 1.00 bits per heavy atom. The lowest BCUT2D eigenvalue weighted by Crippen LogP contribution is -1.96. The maximum absolute atomic E-state index is 11.5. The molecular weight excluding hydrogens is 358 g/mol. The van der Waals surface area contributed by atoms with E-state index in [9.17, 15) is 8.42 Å². The molecule has 0 fully saturated rings. The average molecular weight is 373 g/mol. The molecule has 9 heteroatoms. The molecule has 0 amide bonds. The van der Waals surface area contributed by atoms with Crippen LogP contribution in [0.5, 0.6) is 5.88 Å². The van der Waals surface area contributed by atoms with Crippen LogP contribution in [0.3, 0.4) is 0 Å². The van der Waals surface area contributed by atoms with Crippen LogP contribution in [0.2, 0.25) is 0 Å². The van der Waals surface area contributed by atoms with Gasteiger partial charge in [-0.1, -0.05) is 36.4 Å². The Morgan fingerprint density at radius 2 is 1.54 bits per heavy atom. The van der Waals surface area contributed by atoms with Gasteiger partial charge in [-0.2, -0.15) is 19.9 Å². The SMILES string of the molecule is CS(=O)(=O)c1ccc(-c2ccc(COc3cn[nH]n3)cc2)cc1.O=C=O. The van der Waals surface area contributed by atoms with Gasteiger partial charge in [-0.3, -0.25) is 0 Å². The van der Waals surface area contributed by atoms with Crippen molar-refractivity contribution in [3.63, 3.8) is 0 Å². The van der Waals surface area contributed by atoms with E-state index in [4.69, 9.17) is 14.3 Å². The topological polar surface area (TPSA) is 119 Å². The van der Waals surface area contributed by atoms with Crippen molar-refractivity contribution in [2.24, 2.45) is 0 Å². The summed E-state index contributed by atoms with van der Waals surface area (Å²) in [7, 11) is -3.17. The van der Waals surface area contributed by atoms with Crippen LogP contribution in [0.15, 0.2) is 59.6 Å². The van der Waals surface area contributed by atoms with Crippen LogP contribution in [0.1, 0.15) is 5.56 Å². The number of nitrogens with one attached hydrogen (secondary N) is 1. The van der Waals surface area contributed by atoms with E-state index in [2.05, 4.69) is 15.4 Å². The van der Waals surface area contributed by atoms with Gasteiger partial charge in [0.15, 0.2) is 9.84 Å². The van der Waals surface area contributed by atoms with Gasteiger partial charge < -0.3 is 4.74 Å². The molecule has 0 saturated carbocycles. The summed E-state index contributed by atoms with van der Waals surface area (Å²) < 4.78 is 28.4. The molecule has 0 aliphatic carbocycles. The van der Waals surface area contributed by atoms with E-state index < -0.39 is 9.84 Å². The highest BCUT2D eigenvalue weighted by Crippen LogP contribution is 2.22. The number of aromatic amines is 1. The van der Waals surface area contributed by atoms with Crippen LogP contribution in [0, 0.1) is 0 Å². The molecule has 0 aliphatic rings. The second-order valence-corrected chi connectivity index (χ2v) is 7.19. The number of aromatic nitrogens is 3. The fourth-order valence-corrected chi connectivity index (χ4v) is 2.74. The molecule has 3 rings (SSSR count). The Morgan fingerprint density at radius 3 is 2.00 bits per heavy atom. The van der Waals surface area contributed by atoms with E-state index in [1.54, 1.807) is 24.3 Å². The van der Waals surface area contributed by atoms with Gasteiger partial charge in [0, 0.05) is 6.26 Å². The Bertz CT molecular complexity index is 960. The molecule has 0 saturated heterocycles. The van der Waals surface area contributed by atoms with Crippen molar-refractivity contribution in [2.45, 2.75) is 11.5 Å². The first-order valence-electron chi connectivity index (χ1n) is 7.31. The maximum atomic E-state index is 11.5. The van der Waals surface area contributed by atoms with Crippen molar-refractivity contribution in [3.8, 4) is 17.0 Å². The fraction of sp³-hybridized carbons (Fsp3) is 0.118. The zero-order chi connectivity index (χ0) is 19.0. The van der Waals surface area contributed by atoms with Gasteiger partial charge in [0.1, 0.15) is 12.8 Å². The number of hydrogen-bond donors (Lipinski definition) is 1. The predicted molar refractivity (Wildman–Crippen MR) is 90.7 cm³/mol. The second-order valence-electron chi connectivity index (χ2n) is 5.17. The lowest BCUT2D eigenvalue weighted by Gasteiger charge is -2.06. The van der Waals surface area contributed by atoms with Crippen molar-refractivity contribution in [3.05, 3.63) is 60.3 Å². The smallest absolute Gasteiger partial charge is 0.373 e. The summed E-state index contributed by atoms with van der Waals surface area (Å²) in [5.74, 6) is 0.449. The minimum atomic E-state index is -3.17. The molecule has 0 unspecified atom stereocenters. The molecule has 0 atom stereocenters. The molecule has 0 aliphatic heterocycles. The number of ether oxygens (including phenoxy) is 1. The Labute approximate surface area is 149 Å². The minimum absolute atomic E-state index is 0.250. The highest BCUT2D eigenvalue weighted by Gasteiger charge is 2.07. The second kappa shape index (κ2) is 8.70. The van der Waals surface area contributed by atoms with Crippen molar-refractivity contribution >= 4 is 16.0 Å². The van der Waals surface area contributed by atoms with Crippen molar-refractivity contribution in [1.29, 1.82) is 0 Å². The molecule has 0 radical (unpaired) electrons. The van der Waals surface area contributed by atoms with E-state index in [0.29, 0.717) is 17.4 Å². The molecule has 2 aromatic carbocycles. The first kappa shape index (κ1) is 19.0. The molecule has 134 valence electrons. The summed E-state index contributed by atoms with van der Waals surface area (Å²) in [6.07, 6.45) is 2.96. The van der Waals surface area contributed by atoms with Gasteiger partial charge in [-0.15, -0.1) is 5.10 Å². The molecule has 8 nitrogen and oxygen atoms in total. The van der Waals surface area contributed by atoms with E-state index in [0.717, 1.165) is 16.7 Å². The van der Waals surface area contributed by atoms with Crippen molar-refractivity contribution in [1.82, 2.24) is 15.4 Å². The molecule has 0 spiro atoms. The highest BCUT2D eigenvalue weighted by atomic mass is 32.2. The van der Waals surface area contributed by atoms with Gasteiger partial charge in [-0.05, 0) is 28.8 Å². The third-order valence-electron chi connectivity index (χ3n) is 3.35. The van der Waals surface area contributed by atoms with Gasteiger partial charge >= 0.3 is 6.15 Å². The third kappa shape index (κ3) is 5.37. The molecule has 1 N–H and O–H groups in total. The first-order valence-corrected chi connectivity index (χ1v) is 9.20. The summed E-state index contributed by atoms with van der Waals surface area (Å²) >= 11 is 0. The lowest BCUT2D eigenvalue weighted by molar-refractivity contribution is -0.191. The third-order valence-corrected chi connectivity index (χ3v) is 4.48. The number of H-pyrrole nitrogens is 1. The van der Waals surface area contributed by atoms with Crippen LogP contribution in [0.25, 0.3) is 11.1 Å². The number of rotatable bonds is 5. The largest absolute Gasteiger partial charge is 0.471 e. The number of benzene rings is 2. The minimum Gasteiger partial charge on any atom is -0.471 e. The van der Waals surface area contributed by atoms with E-state index >= 15 is 0 Å². The van der Waals surface area contributed by atoms with Gasteiger partial charge in [0.05, 0.1) is 4.90 Å². The van der Waals surface area contributed by atoms with Crippen molar-refractivity contribution in [2.75, 3.05) is 6.26 Å². The fourth-order valence-electron chi connectivity index (χ4n) is 2.11. The molecule has 0 bridgehead atoms. The first-order chi connectivity index (χ1) is 12.4. The van der Waals surface area contributed by atoms with Gasteiger partial charge in [0.25, 0.3) is 5.88 Å². The summed E-state index contributed by atoms with van der Waals surface area (Å²) in [5, 5.41) is 9.97. The standard InChI is InChI=1S/C16H15N3O3S.CO2/c1-23(20,21)15-8-6-14(7-9-15)13-4-2-12(3-5-13)11-22-16-10-17-19-18-16;2-1-3/h2-10H,11H2,1H3,(H,17,18,19);. The van der Waals surface area contributed by atoms with E-state index in [-0.39, 0.29) is 6.15 Å². The van der Waals surface area contributed by atoms with Crippen LogP contribution in [0.4, 0.5) is 0 Å². The Hall–Kier alpha value is -3.29. The number of hydrogen-bond acceptors (Lipinski definition) is 7. The number of carbonyl (C=O) groups excluding carboxylic acids is 2. The zero-order valence-electron chi connectivity index (χ0n) is 13.7. The Kier molecular flexibility index (Phi) is 6.37. The normalized spacial score (nSPS) is 10.3. The summed E-state index contributed by atoms with van der Waals surface area (Å²) in [5.41, 5.74) is 2.97. The van der Waals surface area contributed by atoms with Gasteiger partial charge in [-0.25, -0.2) is 8.42 Å². The lowest BCUT2D eigenvalue weighted by atomic mass is 10.0. The summed E-state index contributed by atoms with van der Waals surface area (Å²) in [4.78, 5) is 16.6. The maximum Gasteiger partial charge on any atom is 0.373 e. The Balaban J connectivity index is 0.000000758. The van der Waals surface area contributed by atoms with Crippen LogP contribution in [-0.4, -0.2) is 36.2 Å². The average Bonchev–Trinajstić information content (AvgIpc) is 3.14. The quantitative estimate of drug-likeness (QED) is 0.725.